The second-order valence-electron chi connectivity index (χ2n) is 6.98. The van der Waals surface area contributed by atoms with Gasteiger partial charge in [0.25, 0.3) is 5.56 Å². The summed E-state index contributed by atoms with van der Waals surface area (Å²) in [5.41, 5.74) is 1.20. The van der Waals surface area contributed by atoms with Crippen molar-refractivity contribution < 1.29 is 4.79 Å². The van der Waals surface area contributed by atoms with Crippen molar-refractivity contribution in [1.29, 1.82) is 0 Å². The normalized spacial score (nSPS) is 22.0. The molecule has 8 heteroatoms. The number of halogens is 1. The molecule has 7 nitrogen and oxygen atoms in total. The van der Waals surface area contributed by atoms with E-state index in [1.54, 1.807) is 31.6 Å². The fourth-order valence-corrected chi connectivity index (χ4v) is 3.72. The Hall–Kier alpha value is -2.93. The van der Waals surface area contributed by atoms with Crippen LogP contribution in [0.15, 0.2) is 58.6 Å². The molecule has 1 amide bonds. The van der Waals surface area contributed by atoms with Crippen LogP contribution in [0.3, 0.4) is 0 Å². The number of piperazine rings is 1. The summed E-state index contributed by atoms with van der Waals surface area (Å²) in [6, 6.07) is 5.03. The lowest BCUT2D eigenvalue weighted by atomic mass is 9.91. The predicted molar refractivity (Wildman–Crippen MR) is 108 cm³/mol. The Bertz CT molecular complexity index is 1020. The monoisotopic (exact) mass is 397 g/mol. The zero-order valence-corrected chi connectivity index (χ0v) is 16.1. The number of carbonyl (C=O) groups is 1. The molecular weight excluding hydrogens is 378 g/mol. The van der Waals surface area contributed by atoms with Crippen molar-refractivity contribution >= 4 is 23.5 Å². The van der Waals surface area contributed by atoms with Gasteiger partial charge in [0.2, 0.25) is 11.9 Å². The number of nitrogens with one attached hydrogen (secondary N) is 1. The Morgan fingerprint density at radius 1 is 1.25 bits per heavy atom. The van der Waals surface area contributed by atoms with Gasteiger partial charge in [-0.3, -0.25) is 19.1 Å². The molecule has 1 N–H and O–H groups in total. The van der Waals surface area contributed by atoms with Gasteiger partial charge in [-0.1, -0.05) is 23.8 Å². The molecule has 0 bridgehead atoms. The third-order valence-electron chi connectivity index (χ3n) is 5.07. The van der Waals surface area contributed by atoms with Gasteiger partial charge in [-0.15, -0.1) is 0 Å². The molecule has 2 aromatic rings. The number of amides is 1. The number of rotatable bonds is 3. The number of carbonyl (C=O) groups excluding carboxylic acids is 1. The number of nitrogens with zero attached hydrogens (tertiary/aromatic N) is 4. The van der Waals surface area contributed by atoms with Gasteiger partial charge in [0.15, 0.2) is 0 Å². The SMILES string of the molecule is Cn1c(N2CC(=O)NC([C@@H]3C=CC(Cl)=CC3)C2)nc(-c2ccncc2)cc1=O. The zero-order valence-electron chi connectivity index (χ0n) is 15.4. The minimum absolute atomic E-state index is 0.0833. The molecule has 2 atom stereocenters. The number of hydrogen-bond donors (Lipinski definition) is 1. The Morgan fingerprint density at radius 3 is 2.75 bits per heavy atom. The molecular formula is C20H20ClN5O2. The van der Waals surface area contributed by atoms with E-state index in [1.807, 2.05) is 23.1 Å². The van der Waals surface area contributed by atoms with Gasteiger partial charge >= 0.3 is 0 Å². The molecule has 1 saturated heterocycles. The topological polar surface area (TPSA) is 80.1 Å². The molecule has 1 aliphatic heterocycles. The summed E-state index contributed by atoms with van der Waals surface area (Å²) in [4.78, 5) is 35.5. The van der Waals surface area contributed by atoms with Crippen LogP contribution < -0.4 is 15.8 Å². The first-order valence-corrected chi connectivity index (χ1v) is 9.45. The van der Waals surface area contributed by atoms with Crippen LogP contribution in [0.5, 0.6) is 0 Å². The van der Waals surface area contributed by atoms with Gasteiger partial charge in [0.05, 0.1) is 18.3 Å². The van der Waals surface area contributed by atoms with Crippen molar-refractivity contribution in [1.82, 2.24) is 19.9 Å². The fourth-order valence-electron chi connectivity index (χ4n) is 3.56. The zero-order chi connectivity index (χ0) is 19.7. The molecule has 2 aliphatic rings. The van der Waals surface area contributed by atoms with Crippen molar-refractivity contribution in [2.24, 2.45) is 13.0 Å². The minimum atomic E-state index is -0.174. The van der Waals surface area contributed by atoms with E-state index in [0.29, 0.717) is 23.2 Å². The third kappa shape index (κ3) is 3.71. The summed E-state index contributed by atoms with van der Waals surface area (Å²) >= 11 is 6.01. The van der Waals surface area contributed by atoms with Gasteiger partial charge in [-0.25, -0.2) is 4.98 Å². The maximum atomic E-state index is 12.5. The second-order valence-corrected chi connectivity index (χ2v) is 7.41. The van der Waals surface area contributed by atoms with Crippen LogP contribution in [0.25, 0.3) is 11.3 Å². The molecule has 0 aromatic carbocycles. The Kier molecular flexibility index (Phi) is 5.00. The van der Waals surface area contributed by atoms with E-state index in [1.165, 1.54) is 10.6 Å². The van der Waals surface area contributed by atoms with Crippen LogP contribution >= 0.6 is 11.6 Å². The molecule has 2 aromatic heterocycles. The number of anilines is 1. The van der Waals surface area contributed by atoms with Gasteiger partial charge < -0.3 is 10.2 Å². The van der Waals surface area contributed by atoms with Crippen molar-refractivity contribution in [3.63, 3.8) is 0 Å². The third-order valence-corrected chi connectivity index (χ3v) is 5.35. The average Bonchev–Trinajstić information content (AvgIpc) is 2.70. The first kappa shape index (κ1) is 18.4. The lowest BCUT2D eigenvalue weighted by Gasteiger charge is -2.37. The lowest BCUT2D eigenvalue weighted by molar-refractivity contribution is -0.121. The minimum Gasteiger partial charge on any atom is -0.349 e. The van der Waals surface area contributed by atoms with Crippen molar-refractivity contribution in [2.45, 2.75) is 12.5 Å². The van der Waals surface area contributed by atoms with Crippen LogP contribution in [0.1, 0.15) is 6.42 Å². The van der Waals surface area contributed by atoms with Crippen LogP contribution in [-0.2, 0) is 11.8 Å². The molecule has 144 valence electrons. The summed E-state index contributed by atoms with van der Waals surface area (Å²) in [5.74, 6) is 0.538. The first-order chi connectivity index (χ1) is 13.5. The molecule has 4 rings (SSSR count). The molecule has 3 heterocycles. The summed E-state index contributed by atoms with van der Waals surface area (Å²) in [5, 5.41) is 3.77. The number of allylic oxidation sites excluding steroid dienone is 3. The van der Waals surface area contributed by atoms with E-state index in [2.05, 4.69) is 15.3 Å². The largest absolute Gasteiger partial charge is 0.349 e. The highest BCUT2D eigenvalue weighted by molar-refractivity contribution is 6.31. The van der Waals surface area contributed by atoms with E-state index in [0.717, 1.165) is 12.0 Å². The van der Waals surface area contributed by atoms with E-state index < -0.39 is 0 Å². The number of hydrogen-bond acceptors (Lipinski definition) is 5. The smallest absolute Gasteiger partial charge is 0.255 e. The van der Waals surface area contributed by atoms with E-state index in [-0.39, 0.29) is 30.0 Å². The molecule has 1 fully saturated rings. The number of aromatic nitrogens is 3. The lowest BCUT2D eigenvalue weighted by Crippen LogP contribution is -2.57. The molecule has 1 unspecified atom stereocenters. The summed E-state index contributed by atoms with van der Waals surface area (Å²) in [7, 11) is 1.67. The van der Waals surface area contributed by atoms with Gasteiger partial charge in [-0.2, -0.15) is 0 Å². The summed E-state index contributed by atoms with van der Waals surface area (Å²) in [6.45, 7) is 0.718. The van der Waals surface area contributed by atoms with E-state index in [4.69, 9.17) is 11.6 Å². The van der Waals surface area contributed by atoms with Gasteiger partial charge in [-0.05, 0) is 24.6 Å². The quantitative estimate of drug-likeness (QED) is 0.854. The molecule has 0 radical (unpaired) electrons. The average molecular weight is 398 g/mol. The van der Waals surface area contributed by atoms with Gasteiger partial charge in [0.1, 0.15) is 0 Å². The number of pyridine rings is 1. The van der Waals surface area contributed by atoms with Crippen LogP contribution in [0.4, 0.5) is 5.95 Å². The summed E-state index contributed by atoms with van der Waals surface area (Å²) in [6.07, 6.45) is 9.92. The molecule has 0 spiro atoms. The Morgan fingerprint density at radius 2 is 2.04 bits per heavy atom. The van der Waals surface area contributed by atoms with E-state index in [9.17, 15) is 9.59 Å². The van der Waals surface area contributed by atoms with Crippen LogP contribution in [-0.4, -0.2) is 39.6 Å². The highest BCUT2D eigenvalue weighted by Crippen LogP contribution is 2.25. The highest BCUT2D eigenvalue weighted by atomic mass is 35.5. The van der Waals surface area contributed by atoms with E-state index >= 15 is 0 Å². The molecule has 0 saturated carbocycles. The van der Waals surface area contributed by atoms with Crippen molar-refractivity contribution in [2.75, 3.05) is 18.0 Å². The fraction of sp³-hybridized carbons (Fsp3) is 0.300. The maximum Gasteiger partial charge on any atom is 0.255 e. The highest BCUT2D eigenvalue weighted by Gasteiger charge is 2.31. The van der Waals surface area contributed by atoms with Gasteiger partial charge in [0, 0.05) is 48.6 Å². The van der Waals surface area contributed by atoms with Crippen molar-refractivity contribution in [3.8, 4) is 11.3 Å². The maximum absolute atomic E-state index is 12.5. The van der Waals surface area contributed by atoms with Crippen LogP contribution in [0, 0.1) is 5.92 Å². The standard InChI is InChI=1S/C20H20ClN5O2/c1-25-19(28)10-16(14-6-8-22-9-7-14)24-20(25)26-11-17(23-18(27)12-26)13-2-4-15(21)5-3-13/h2,4-10,13,17H,3,11-12H2,1H3,(H,23,27)/t13-,17?/m1/s1. The Labute approximate surface area is 167 Å². The van der Waals surface area contributed by atoms with Crippen LogP contribution in [0.2, 0.25) is 0 Å². The first-order valence-electron chi connectivity index (χ1n) is 9.08. The van der Waals surface area contributed by atoms with Crippen molar-refractivity contribution in [3.05, 3.63) is 64.2 Å². The molecule has 28 heavy (non-hydrogen) atoms. The predicted octanol–water partition coefficient (Wildman–Crippen LogP) is 1.85. The second kappa shape index (κ2) is 7.59. The summed E-state index contributed by atoms with van der Waals surface area (Å²) < 4.78 is 1.48. The molecule has 1 aliphatic carbocycles. The Balaban J connectivity index is 1.66.